The van der Waals surface area contributed by atoms with Crippen LogP contribution in [0.1, 0.15) is 239 Å². The summed E-state index contributed by atoms with van der Waals surface area (Å²) >= 11 is 0. The Hall–Kier alpha value is -2.42. The van der Waals surface area contributed by atoms with Gasteiger partial charge in [-0.2, -0.15) is 0 Å². The Kier molecular flexibility index (Phi) is 36.5. The quantitative estimate of drug-likeness (QED) is 0.0390. The molecule has 0 radical (unpaired) electrons. The van der Waals surface area contributed by atoms with Gasteiger partial charge in [-0.15, -0.1) is 0 Å². The number of anilines is 2. The van der Waals surface area contributed by atoms with E-state index in [1.165, 1.54) is 96.3 Å². The molecule has 0 fully saturated rings. The highest BCUT2D eigenvalue weighted by Gasteiger charge is 2.25. The van der Waals surface area contributed by atoms with Crippen molar-refractivity contribution in [2.45, 2.75) is 245 Å². The van der Waals surface area contributed by atoms with Gasteiger partial charge in [-0.25, -0.2) is 0 Å². The summed E-state index contributed by atoms with van der Waals surface area (Å²) in [4.78, 5) is 54.9. The van der Waals surface area contributed by atoms with E-state index >= 15 is 0 Å². The number of esters is 2. The Morgan fingerprint density at radius 3 is 1.43 bits per heavy atom. The predicted octanol–water partition coefficient (Wildman–Crippen LogP) is 12.8. The van der Waals surface area contributed by atoms with Crippen molar-refractivity contribution in [3.63, 3.8) is 0 Å². The summed E-state index contributed by atoms with van der Waals surface area (Å²) in [5, 5.41) is 3.28. The lowest BCUT2D eigenvalue weighted by molar-refractivity contribution is -0.150. The van der Waals surface area contributed by atoms with Crippen molar-refractivity contribution >= 4 is 23.3 Å². The van der Waals surface area contributed by atoms with E-state index < -0.39 is 5.43 Å². The molecule has 0 saturated carbocycles. The smallest absolute Gasteiger partial charge is 0.306 e. The van der Waals surface area contributed by atoms with Crippen LogP contribution in [0.15, 0.2) is 9.59 Å². The Balaban J connectivity index is 2.50. The molecule has 0 aliphatic carbocycles. The molecular weight excluding hydrogens is 751 g/mol. The monoisotopic (exact) mass is 846 g/mol. The average Bonchev–Trinajstić information content (AvgIpc) is 3.23. The second-order valence-electron chi connectivity index (χ2n) is 18.1. The van der Waals surface area contributed by atoms with Crippen molar-refractivity contribution in [2.75, 3.05) is 57.1 Å². The molecule has 0 spiro atoms. The van der Waals surface area contributed by atoms with E-state index in [0.29, 0.717) is 37.4 Å². The van der Waals surface area contributed by atoms with Crippen LogP contribution < -0.4 is 21.1 Å². The molecule has 1 N–H and O–H groups in total. The number of unbranched alkanes of at least 4 members (excludes halogenated alkanes) is 24. The Morgan fingerprint density at radius 1 is 0.500 bits per heavy atom. The van der Waals surface area contributed by atoms with Gasteiger partial charge in [0.25, 0.3) is 10.9 Å². The van der Waals surface area contributed by atoms with Crippen molar-refractivity contribution in [3.8, 4) is 0 Å². The number of carbonyl (C=O) groups excluding carboxylic acids is 2. The molecule has 9 heteroatoms. The zero-order valence-electron chi connectivity index (χ0n) is 40.0. The molecule has 0 aromatic heterocycles. The van der Waals surface area contributed by atoms with Gasteiger partial charge >= 0.3 is 11.9 Å². The minimum atomic E-state index is -0.396. The Labute approximate surface area is 369 Å². The summed E-state index contributed by atoms with van der Waals surface area (Å²) in [5.41, 5.74) is 0.281. The van der Waals surface area contributed by atoms with E-state index in [1.54, 1.807) is 0 Å². The van der Waals surface area contributed by atoms with Crippen LogP contribution in [-0.4, -0.2) is 69.8 Å². The van der Waals surface area contributed by atoms with Crippen LogP contribution >= 0.6 is 0 Å². The molecule has 0 saturated heterocycles. The summed E-state index contributed by atoms with van der Waals surface area (Å²) in [6.45, 7) is 10.3. The number of nitrogens with one attached hydrogen (secondary N) is 1. The number of nitrogens with zero attached hydrogens (tertiary/aromatic N) is 2. The average molecular weight is 846 g/mol. The van der Waals surface area contributed by atoms with Gasteiger partial charge in [0, 0.05) is 32.5 Å². The fourth-order valence-corrected chi connectivity index (χ4v) is 8.12. The molecule has 350 valence electrons. The number of ether oxygens (including phenoxy) is 2. The zero-order chi connectivity index (χ0) is 43.9. The number of carbonyl (C=O) groups is 2. The fourth-order valence-electron chi connectivity index (χ4n) is 8.12. The van der Waals surface area contributed by atoms with E-state index in [-0.39, 0.29) is 23.5 Å². The third-order valence-electron chi connectivity index (χ3n) is 12.0. The maximum Gasteiger partial charge on any atom is 0.306 e. The highest BCUT2D eigenvalue weighted by molar-refractivity contribution is 5.75. The molecule has 1 rings (SSSR count). The first-order valence-corrected chi connectivity index (χ1v) is 25.6. The van der Waals surface area contributed by atoms with E-state index in [0.717, 1.165) is 129 Å². The SMILES string of the molecule is CCCCCCCCCOC(=O)CCCCCCCN(CCCCCCCC(=O)OC(CCCCCCCC)CCCCCCCC)c1c(NCCCN(C)C)c(=O)c1=O. The summed E-state index contributed by atoms with van der Waals surface area (Å²) in [5.74, 6) is -0.114. The van der Waals surface area contributed by atoms with Gasteiger partial charge in [0.05, 0.1) is 6.61 Å². The van der Waals surface area contributed by atoms with Crippen LogP contribution in [0.5, 0.6) is 0 Å². The van der Waals surface area contributed by atoms with Crippen LogP contribution in [0.25, 0.3) is 0 Å². The summed E-state index contributed by atoms with van der Waals surface area (Å²) in [6, 6.07) is 0. The lowest BCUT2D eigenvalue weighted by Gasteiger charge is -2.28. The second kappa shape index (κ2) is 39.4. The largest absolute Gasteiger partial charge is 0.466 e. The van der Waals surface area contributed by atoms with Crippen molar-refractivity contribution in [1.82, 2.24) is 4.90 Å². The van der Waals surface area contributed by atoms with Crippen LogP contribution in [0, 0.1) is 0 Å². The maximum absolute atomic E-state index is 12.9. The topological polar surface area (TPSA) is 105 Å². The molecular formula is C51H95N3O6. The zero-order valence-corrected chi connectivity index (χ0v) is 40.0. The predicted molar refractivity (Wildman–Crippen MR) is 255 cm³/mol. The maximum atomic E-state index is 12.9. The van der Waals surface area contributed by atoms with Crippen molar-refractivity contribution in [1.29, 1.82) is 0 Å². The molecule has 1 aromatic rings. The molecule has 0 aliphatic heterocycles. The third kappa shape index (κ3) is 29.8. The van der Waals surface area contributed by atoms with Gasteiger partial charge < -0.3 is 24.6 Å². The van der Waals surface area contributed by atoms with E-state index in [9.17, 15) is 19.2 Å². The van der Waals surface area contributed by atoms with E-state index in [4.69, 9.17) is 9.47 Å². The van der Waals surface area contributed by atoms with Gasteiger partial charge in [0.15, 0.2) is 0 Å². The van der Waals surface area contributed by atoms with Gasteiger partial charge in [-0.05, 0) is 84.8 Å². The molecule has 0 bridgehead atoms. The summed E-state index contributed by atoms with van der Waals surface area (Å²) in [6.07, 6.45) is 37.1. The van der Waals surface area contributed by atoms with Gasteiger partial charge in [-0.3, -0.25) is 19.2 Å². The van der Waals surface area contributed by atoms with Crippen molar-refractivity contribution in [2.24, 2.45) is 0 Å². The highest BCUT2D eigenvalue weighted by atomic mass is 16.5. The molecule has 0 atom stereocenters. The van der Waals surface area contributed by atoms with Gasteiger partial charge in [0.1, 0.15) is 17.5 Å². The Bertz CT molecular complexity index is 1210. The third-order valence-corrected chi connectivity index (χ3v) is 12.0. The van der Waals surface area contributed by atoms with Crippen LogP contribution in [0.2, 0.25) is 0 Å². The van der Waals surface area contributed by atoms with Gasteiger partial charge in [0.2, 0.25) is 0 Å². The molecule has 0 unspecified atom stereocenters. The van der Waals surface area contributed by atoms with Crippen LogP contribution in [0.3, 0.4) is 0 Å². The summed E-state index contributed by atoms with van der Waals surface area (Å²) in [7, 11) is 4.07. The van der Waals surface area contributed by atoms with Crippen molar-refractivity contribution in [3.05, 3.63) is 20.4 Å². The standard InChI is InChI=1S/C51H95N3O6/c1-6-9-12-15-18-27-34-44-59-46(55)38-30-23-19-25-32-42-54(49-48(50(57)51(49)58)52-40-35-41-53(4)5)43-33-26-20-24-31-39-47(56)60-45(36-28-21-16-13-10-7-2)37-29-22-17-14-11-8-3/h45,52H,6-44H2,1-5H3. The van der Waals surface area contributed by atoms with E-state index in [1.807, 2.05) is 14.1 Å². The molecule has 0 aliphatic rings. The van der Waals surface area contributed by atoms with Crippen molar-refractivity contribution < 1.29 is 19.1 Å². The van der Waals surface area contributed by atoms with Crippen LogP contribution in [-0.2, 0) is 19.1 Å². The molecule has 9 nitrogen and oxygen atoms in total. The minimum Gasteiger partial charge on any atom is -0.466 e. The number of hydrogen-bond donors (Lipinski definition) is 1. The number of hydrogen-bond acceptors (Lipinski definition) is 9. The summed E-state index contributed by atoms with van der Waals surface area (Å²) < 4.78 is 11.5. The fraction of sp³-hybridized carbons (Fsp3) is 0.882. The first-order valence-electron chi connectivity index (χ1n) is 25.6. The molecule has 60 heavy (non-hydrogen) atoms. The number of rotatable bonds is 45. The second-order valence-corrected chi connectivity index (χ2v) is 18.1. The Morgan fingerprint density at radius 2 is 0.933 bits per heavy atom. The lowest BCUT2D eigenvalue weighted by atomic mass is 10.0. The molecule has 0 amide bonds. The van der Waals surface area contributed by atoms with E-state index in [2.05, 4.69) is 35.9 Å². The van der Waals surface area contributed by atoms with Crippen LogP contribution in [0.4, 0.5) is 11.4 Å². The normalized spacial score (nSPS) is 11.6. The highest BCUT2D eigenvalue weighted by Crippen LogP contribution is 2.23. The minimum absolute atomic E-state index is 0.0346. The van der Waals surface area contributed by atoms with Gasteiger partial charge in [-0.1, -0.05) is 162 Å². The molecule has 0 heterocycles. The lowest BCUT2D eigenvalue weighted by Crippen LogP contribution is -2.43. The first-order chi connectivity index (χ1) is 29.2. The molecule has 1 aromatic carbocycles. The first kappa shape index (κ1) is 55.6.